The summed E-state index contributed by atoms with van der Waals surface area (Å²) in [6, 6.07) is 9.51. The lowest BCUT2D eigenvalue weighted by atomic mass is 10.2. The Hall–Kier alpha value is -0.710. The second-order valence-electron chi connectivity index (χ2n) is 3.01. The van der Waals surface area contributed by atoms with Gasteiger partial charge >= 0.3 is 0 Å². The fourth-order valence-corrected chi connectivity index (χ4v) is 1.92. The predicted octanol–water partition coefficient (Wildman–Crippen LogP) is 1.15. The van der Waals surface area contributed by atoms with Crippen molar-refractivity contribution in [1.29, 1.82) is 0 Å². The number of nitrogens with two attached hydrogens (primary N) is 2. The molecule has 1 aromatic carbocycles. The lowest BCUT2D eigenvalue weighted by Gasteiger charge is -2.06. The summed E-state index contributed by atoms with van der Waals surface area (Å²) in [5, 5.41) is 0. The zero-order valence-corrected chi connectivity index (χ0v) is 9.89. The van der Waals surface area contributed by atoms with Crippen LogP contribution < -0.4 is 11.5 Å². The third-order valence-electron chi connectivity index (χ3n) is 1.77. The maximum Gasteiger partial charge on any atom is 0.235 e. The molecule has 15 heavy (non-hydrogen) atoms. The SMILES string of the molecule is Cl.NC(=O)C(N)CSCc1ccccc1. The summed E-state index contributed by atoms with van der Waals surface area (Å²) >= 11 is 1.62. The highest BCUT2D eigenvalue weighted by atomic mass is 35.5. The van der Waals surface area contributed by atoms with Gasteiger partial charge in [-0.1, -0.05) is 30.3 Å². The summed E-state index contributed by atoms with van der Waals surface area (Å²) in [6.07, 6.45) is 0. The summed E-state index contributed by atoms with van der Waals surface area (Å²) in [5.74, 6) is 0.997. The molecule has 5 heteroatoms. The van der Waals surface area contributed by atoms with E-state index in [1.165, 1.54) is 5.56 Å². The summed E-state index contributed by atoms with van der Waals surface area (Å²) in [7, 11) is 0. The maximum absolute atomic E-state index is 10.6. The van der Waals surface area contributed by atoms with Gasteiger partial charge in [-0.2, -0.15) is 11.8 Å². The first kappa shape index (κ1) is 14.3. The molecule has 84 valence electrons. The van der Waals surface area contributed by atoms with Crippen LogP contribution in [0.5, 0.6) is 0 Å². The molecule has 0 radical (unpaired) electrons. The summed E-state index contributed by atoms with van der Waals surface area (Å²) in [6.45, 7) is 0. The van der Waals surface area contributed by atoms with Crippen LogP contribution in [-0.4, -0.2) is 17.7 Å². The molecule has 0 bridgehead atoms. The molecule has 1 amide bonds. The van der Waals surface area contributed by atoms with Crippen LogP contribution in [0.4, 0.5) is 0 Å². The van der Waals surface area contributed by atoms with Gasteiger partial charge in [0.05, 0.1) is 6.04 Å². The van der Waals surface area contributed by atoms with Crippen LogP contribution in [0, 0.1) is 0 Å². The van der Waals surface area contributed by atoms with Crippen LogP contribution in [0.15, 0.2) is 30.3 Å². The molecule has 0 aromatic heterocycles. The van der Waals surface area contributed by atoms with Crippen molar-refractivity contribution in [3.05, 3.63) is 35.9 Å². The molecule has 0 fully saturated rings. The monoisotopic (exact) mass is 246 g/mol. The van der Waals surface area contributed by atoms with Gasteiger partial charge in [-0.05, 0) is 5.56 Å². The molecule has 0 saturated carbocycles. The highest BCUT2D eigenvalue weighted by Gasteiger charge is 2.08. The third-order valence-corrected chi connectivity index (χ3v) is 2.91. The van der Waals surface area contributed by atoms with Gasteiger partial charge in [0, 0.05) is 11.5 Å². The van der Waals surface area contributed by atoms with Crippen molar-refractivity contribution in [2.24, 2.45) is 11.5 Å². The molecule has 0 spiro atoms. The van der Waals surface area contributed by atoms with E-state index < -0.39 is 11.9 Å². The van der Waals surface area contributed by atoms with Crippen molar-refractivity contribution >= 4 is 30.1 Å². The fourth-order valence-electron chi connectivity index (χ4n) is 0.960. The first-order valence-electron chi connectivity index (χ1n) is 4.36. The van der Waals surface area contributed by atoms with Crippen LogP contribution in [0.3, 0.4) is 0 Å². The summed E-state index contributed by atoms with van der Waals surface area (Å²) in [5.41, 5.74) is 11.8. The maximum atomic E-state index is 10.6. The molecule has 1 unspecified atom stereocenters. The summed E-state index contributed by atoms with van der Waals surface area (Å²) in [4.78, 5) is 10.6. The van der Waals surface area contributed by atoms with Gasteiger partial charge in [0.2, 0.25) is 5.91 Å². The number of carbonyl (C=O) groups excluding carboxylic acids is 1. The van der Waals surface area contributed by atoms with Gasteiger partial charge in [-0.15, -0.1) is 12.4 Å². The Morgan fingerprint density at radius 1 is 1.33 bits per heavy atom. The van der Waals surface area contributed by atoms with Crippen molar-refractivity contribution in [1.82, 2.24) is 0 Å². The molecule has 0 saturated heterocycles. The minimum absolute atomic E-state index is 0. The molecule has 1 aromatic rings. The van der Waals surface area contributed by atoms with Gasteiger partial charge in [0.15, 0.2) is 0 Å². The minimum atomic E-state index is -0.538. The Labute approximate surface area is 100 Å². The Kier molecular flexibility index (Phi) is 7.21. The molecule has 0 aliphatic carbocycles. The number of benzene rings is 1. The number of hydrogen-bond acceptors (Lipinski definition) is 3. The van der Waals surface area contributed by atoms with Gasteiger partial charge in [0.1, 0.15) is 0 Å². The molecule has 0 heterocycles. The molecule has 3 nitrogen and oxygen atoms in total. The number of hydrogen-bond donors (Lipinski definition) is 2. The quantitative estimate of drug-likeness (QED) is 0.819. The van der Waals surface area contributed by atoms with E-state index in [1.807, 2.05) is 30.3 Å². The highest BCUT2D eigenvalue weighted by Crippen LogP contribution is 2.11. The highest BCUT2D eigenvalue weighted by molar-refractivity contribution is 7.98. The largest absolute Gasteiger partial charge is 0.368 e. The Morgan fingerprint density at radius 3 is 2.47 bits per heavy atom. The molecule has 1 rings (SSSR count). The van der Waals surface area contributed by atoms with Crippen LogP contribution >= 0.6 is 24.2 Å². The first-order valence-corrected chi connectivity index (χ1v) is 5.52. The molecular weight excluding hydrogens is 232 g/mol. The number of halogens is 1. The fraction of sp³-hybridized carbons (Fsp3) is 0.300. The average Bonchev–Trinajstić information content (AvgIpc) is 2.19. The number of thioether (sulfide) groups is 1. The van der Waals surface area contributed by atoms with E-state index in [2.05, 4.69) is 0 Å². The molecule has 0 aliphatic heterocycles. The van der Waals surface area contributed by atoms with Crippen LogP contribution in [-0.2, 0) is 10.5 Å². The van der Waals surface area contributed by atoms with Crippen LogP contribution in [0.25, 0.3) is 0 Å². The van der Waals surface area contributed by atoms with E-state index in [1.54, 1.807) is 11.8 Å². The topological polar surface area (TPSA) is 69.1 Å². The predicted molar refractivity (Wildman–Crippen MR) is 67.0 cm³/mol. The van der Waals surface area contributed by atoms with Crippen LogP contribution in [0.1, 0.15) is 5.56 Å². The van der Waals surface area contributed by atoms with Gasteiger partial charge in [-0.25, -0.2) is 0 Å². The molecule has 1 atom stereocenters. The Bertz CT molecular complexity index is 295. The van der Waals surface area contributed by atoms with E-state index in [0.29, 0.717) is 5.75 Å². The lowest BCUT2D eigenvalue weighted by Crippen LogP contribution is -2.38. The normalized spacial score (nSPS) is 11.5. The van der Waals surface area contributed by atoms with E-state index in [0.717, 1.165) is 5.75 Å². The van der Waals surface area contributed by atoms with Crippen molar-refractivity contribution < 1.29 is 4.79 Å². The van der Waals surface area contributed by atoms with Gasteiger partial charge in [0.25, 0.3) is 0 Å². The second kappa shape index (κ2) is 7.56. The van der Waals surface area contributed by atoms with E-state index in [4.69, 9.17) is 11.5 Å². The van der Waals surface area contributed by atoms with Crippen molar-refractivity contribution in [2.75, 3.05) is 5.75 Å². The zero-order chi connectivity index (χ0) is 10.4. The van der Waals surface area contributed by atoms with E-state index >= 15 is 0 Å². The van der Waals surface area contributed by atoms with E-state index in [-0.39, 0.29) is 12.4 Å². The van der Waals surface area contributed by atoms with Crippen LogP contribution in [0.2, 0.25) is 0 Å². The number of amides is 1. The van der Waals surface area contributed by atoms with Crippen molar-refractivity contribution in [2.45, 2.75) is 11.8 Å². The van der Waals surface area contributed by atoms with Gasteiger partial charge < -0.3 is 11.5 Å². The number of rotatable bonds is 5. The smallest absolute Gasteiger partial charge is 0.235 e. The number of primary amides is 1. The van der Waals surface area contributed by atoms with Gasteiger partial charge in [-0.3, -0.25) is 4.79 Å². The third kappa shape index (κ3) is 5.67. The summed E-state index contributed by atoms with van der Waals surface area (Å²) < 4.78 is 0. The second-order valence-corrected chi connectivity index (χ2v) is 4.04. The van der Waals surface area contributed by atoms with E-state index in [9.17, 15) is 4.79 Å². The molecule has 4 N–H and O–H groups in total. The Morgan fingerprint density at radius 2 is 1.93 bits per heavy atom. The lowest BCUT2D eigenvalue weighted by molar-refractivity contribution is -0.118. The standard InChI is InChI=1S/C10H14N2OS.ClH/c11-9(10(12)13)7-14-6-8-4-2-1-3-5-8;/h1-5,9H,6-7,11H2,(H2,12,13);1H. The zero-order valence-electron chi connectivity index (χ0n) is 8.26. The number of carbonyl (C=O) groups is 1. The van der Waals surface area contributed by atoms with Crippen molar-refractivity contribution in [3.8, 4) is 0 Å². The minimum Gasteiger partial charge on any atom is -0.368 e. The average molecular weight is 247 g/mol. The molecular formula is C10H15ClN2OS. The first-order chi connectivity index (χ1) is 6.70. The Balaban J connectivity index is 0.00000196. The molecule has 0 aliphatic rings. The van der Waals surface area contributed by atoms with Crippen molar-refractivity contribution in [3.63, 3.8) is 0 Å².